The molecule has 0 saturated carbocycles. The van der Waals surface area contributed by atoms with Crippen LogP contribution in [-0.4, -0.2) is 11.5 Å². The number of nitrogens with two attached hydrogens (primary N) is 1. The van der Waals surface area contributed by atoms with Crippen LogP contribution in [-0.2, 0) is 6.42 Å². The number of rotatable bonds is 5. The molecule has 2 rings (SSSR count). The smallest absolute Gasteiger partial charge is 0.123 e. The molecule has 4 heteroatoms. The maximum absolute atomic E-state index is 12.8. The van der Waals surface area contributed by atoms with Gasteiger partial charge in [-0.05, 0) is 42.7 Å². The summed E-state index contributed by atoms with van der Waals surface area (Å²) in [7, 11) is 0. The summed E-state index contributed by atoms with van der Waals surface area (Å²) in [6.07, 6.45) is 0.811. The minimum Gasteiger partial charge on any atom is -0.389 e. The van der Waals surface area contributed by atoms with E-state index in [1.54, 1.807) is 12.1 Å². The number of anilines is 1. The highest BCUT2D eigenvalue weighted by Crippen LogP contribution is 2.20. The molecule has 3 N–H and O–H groups in total. The number of benzene rings is 2. The number of para-hydroxylation sites is 1. The van der Waals surface area contributed by atoms with E-state index < -0.39 is 0 Å². The monoisotopic (exact) mass is 288 g/mol. The first-order chi connectivity index (χ1) is 9.58. The molecule has 0 bridgehead atoms. The molecule has 2 aromatic carbocycles. The minimum absolute atomic E-state index is 0.212. The van der Waals surface area contributed by atoms with Gasteiger partial charge in [-0.3, -0.25) is 0 Å². The Labute approximate surface area is 123 Å². The van der Waals surface area contributed by atoms with Crippen LogP contribution in [0.1, 0.15) is 16.7 Å². The highest BCUT2D eigenvalue weighted by Gasteiger charge is 2.07. The number of halogens is 1. The quantitative estimate of drug-likeness (QED) is 0.828. The highest BCUT2D eigenvalue weighted by atomic mass is 32.1. The molecule has 0 aliphatic rings. The summed E-state index contributed by atoms with van der Waals surface area (Å²) in [5, 5.41) is 3.36. The number of hydrogen-bond donors (Lipinski definition) is 2. The lowest BCUT2D eigenvalue weighted by atomic mass is 10.1. The van der Waals surface area contributed by atoms with E-state index in [1.807, 2.05) is 25.1 Å². The summed E-state index contributed by atoms with van der Waals surface area (Å²) in [6.45, 7) is 2.76. The first-order valence-electron chi connectivity index (χ1n) is 6.45. The van der Waals surface area contributed by atoms with Crippen molar-refractivity contribution >= 4 is 22.9 Å². The van der Waals surface area contributed by atoms with E-state index in [1.165, 1.54) is 12.1 Å². The average molecular weight is 288 g/mol. The van der Waals surface area contributed by atoms with Gasteiger partial charge in [0.1, 0.15) is 10.8 Å². The second kappa shape index (κ2) is 6.48. The summed E-state index contributed by atoms with van der Waals surface area (Å²) in [5.41, 5.74) is 9.76. The lowest BCUT2D eigenvalue weighted by Crippen LogP contribution is -2.15. The summed E-state index contributed by atoms with van der Waals surface area (Å²) in [4.78, 5) is 0.387. The topological polar surface area (TPSA) is 38.0 Å². The Balaban J connectivity index is 2.04. The molecule has 0 aliphatic heterocycles. The average Bonchev–Trinajstić information content (AvgIpc) is 2.42. The fraction of sp³-hybridized carbons (Fsp3) is 0.188. The molecule has 0 atom stereocenters. The fourth-order valence-corrected chi connectivity index (χ4v) is 2.26. The van der Waals surface area contributed by atoms with Crippen molar-refractivity contribution in [3.63, 3.8) is 0 Å². The van der Waals surface area contributed by atoms with Gasteiger partial charge in [0.25, 0.3) is 0 Å². The molecule has 0 aromatic heterocycles. The van der Waals surface area contributed by atoms with Gasteiger partial charge >= 0.3 is 0 Å². The van der Waals surface area contributed by atoms with Crippen molar-refractivity contribution in [2.24, 2.45) is 5.73 Å². The lowest BCUT2D eigenvalue weighted by Gasteiger charge is -2.14. The van der Waals surface area contributed by atoms with Gasteiger partial charge in [-0.2, -0.15) is 0 Å². The van der Waals surface area contributed by atoms with Gasteiger partial charge in [0.15, 0.2) is 0 Å². The summed E-state index contributed by atoms with van der Waals surface area (Å²) < 4.78 is 12.8. The third-order valence-electron chi connectivity index (χ3n) is 3.17. The Morgan fingerprint density at radius 1 is 1.20 bits per heavy atom. The molecule has 0 spiro atoms. The van der Waals surface area contributed by atoms with Crippen molar-refractivity contribution in [3.05, 3.63) is 65.0 Å². The van der Waals surface area contributed by atoms with Crippen molar-refractivity contribution < 1.29 is 4.39 Å². The molecular weight excluding hydrogens is 271 g/mol. The van der Waals surface area contributed by atoms with Gasteiger partial charge in [-0.25, -0.2) is 4.39 Å². The van der Waals surface area contributed by atoms with E-state index in [0.717, 1.165) is 35.3 Å². The molecule has 0 radical (unpaired) electrons. The van der Waals surface area contributed by atoms with Crippen molar-refractivity contribution in [2.75, 3.05) is 11.9 Å². The summed E-state index contributed by atoms with van der Waals surface area (Å²) >= 11 is 5.06. The normalized spacial score (nSPS) is 10.3. The number of thiocarbonyl (C=S) groups is 1. The minimum atomic E-state index is -0.212. The van der Waals surface area contributed by atoms with E-state index in [-0.39, 0.29) is 5.82 Å². The SMILES string of the molecule is Cc1cccc(C(N)=S)c1NCCc1ccc(F)cc1. The van der Waals surface area contributed by atoms with E-state index in [0.29, 0.717) is 4.99 Å². The van der Waals surface area contributed by atoms with Crippen LogP contribution in [0.3, 0.4) is 0 Å². The third kappa shape index (κ3) is 3.54. The van der Waals surface area contributed by atoms with E-state index >= 15 is 0 Å². The lowest BCUT2D eigenvalue weighted by molar-refractivity contribution is 0.627. The van der Waals surface area contributed by atoms with Crippen LogP contribution < -0.4 is 11.1 Å². The van der Waals surface area contributed by atoms with Gasteiger partial charge in [-0.1, -0.05) is 36.5 Å². The molecule has 2 nitrogen and oxygen atoms in total. The molecular formula is C16H17FN2S. The van der Waals surface area contributed by atoms with Crippen LogP contribution in [0.5, 0.6) is 0 Å². The Hall–Kier alpha value is -1.94. The van der Waals surface area contributed by atoms with Crippen LogP contribution in [0, 0.1) is 12.7 Å². The molecule has 0 amide bonds. The maximum Gasteiger partial charge on any atom is 0.123 e. The molecule has 2 aromatic rings. The standard InChI is InChI=1S/C16H17FN2S/c1-11-3-2-4-14(16(18)20)15(11)19-10-9-12-5-7-13(17)8-6-12/h2-8,19H,9-10H2,1H3,(H2,18,20). The Bertz CT molecular complexity index is 608. The number of aryl methyl sites for hydroxylation is 1. The Morgan fingerprint density at radius 3 is 2.55 bits per heavy atom. The Morgan fingerprint density at radius 2 is 1.90 bits per heavy atom. The van der Waals surface area contributed by atoms with Crippen molar-refractivity contribution in [1.29, 1.82) is 0 Å². The van der Waals surface area contributed by atoms with E-state index in [4.69, 9.17) is 18.0 Å². The van der Waals surface area contributed by atoms with Gasteiger partial charge in [0.05, 0.1) is 0 Å². The van der Waals surface area contributed by atoms with Crippen LogP contribution in [0.25, 0.3) is 0 Å². The summed E-state index contributed by atoms with van der Waals surface area (Å²) in [5.74, 6) is -0.212. The predicted molar refractivity (Wildman–Crippen MR) is 85.7 cm³/mol. The number of hydrogen-bond acceptors (Lipinski definition) is 2. The molecule has 0 aliphatic carbocycles. The van der Waals surface area contributed by atoms with Crippen LogP contribution >= 0.6 is 12.2 Å². The van der Waals surface area contributed by atoms with Gasteiger partial charge in [-0.15, -0.1) is 0 Å². The Kier molecular flexibility index (Phi) is 4.69. The second-order valence-electron chi connectivity index (χ2n) is 4.66. The van der Waals surface area contributed by atoms with Crippen molar-refractivity contribution in [2.45, 2.75) is 13.3 Å². The molecule has 20 heavy (non-hydrogen) atoms. The zero-order valence-corrected chi connectivity index (χ0v) is 12.1. The fourth-order valence-electron chi connectivity index (χ4n) is 2.09. The predicted octanol–water partition coefficient (Wildman–Crippen LogP) is 3.42. The molecule has 0 unspecified atom stereocenters. The second-order valence-corrected chi connectivity index (χ2v) is 5.10. The molecule has 0 fully saturated rings. The highest BCUT2D eigenvalue weighted by molar-refractivity contribution is 7.80. The molecule has 0 saturated heterocycles. The van der Waals surface area contributed by atoms with E-state index in [9.17, 15) is 4.39 Å². The summed E-state index contributed by atoms with van der Waals surface area (Å²) in [6, 6.07) is 12.4. The number of nitrogens with one attached hydrogen (secondary N) is 1. The van der Waals surface area contributed by atoms with Crippen LogP contribution in [0.4, 0.5) is 10.1 Å². The zero-order chi connectivity index (χ0) is 14.5. The van der Waals surface area contributed by atoms with Crippen molar-refractivity contribution in [3.8, 4) is 0 Å². The van der Waals surface area contributed by atoms with Crippen LogP contribution in [0.15, 0.2) is 42.5 Å². The largest absolute Gasteiger partial charge is 0.389 e. The van der Waals surface area contributed by atoms with Crippen LogP contribution in [0.2, 0.25) is 0 Å². The molecule has 0 heterocycles. The van der Waals surface area contributed by atoms with Gasteiger partial charge < -0.3 is 11.1 Å². The third-order valence-corrected chi connectivity index (χ3v) is 3.39. The first-order valence-corrected chi connectivity index (χ1v) is 6.86. The molecule has 104 valence electrons. The van der Waals surface area contributed by atoms with Gasteiger partial charge in [0.2, 0.25) is 0 Å². The van der Waals surface area contributed by atoms with Gasteiger partial charge in [0, 0.05) is 17.8 Å². The van der Waals surface area contributed by atoms with Crippen molar-refractivity contribution in [1.82, 2.24) is 0 Å². The zero-order valence-electron chi connectivity index (χ0n) is 11.3. The maximum atomic E-state index is 12.8. The first kappa shape index (κ1) is 14.5. The van der Waals surface area contributed by atoms with E-state index in [2.05, 4.69) is 5.32 Å².